The Balaban J connectivity index is 1.48. The molecule has 7 nitrogen and oxygen atoms in total. The Labute approximate surface area is 140 Å². The second-order valence-corrected chi connectivity index (χ2v) is 6.31. The molecule has 7 heteroatoms. The van der Waals surface area contributed by atoms with Crippen LogP contribution in [0.3, 0.4) is 0 Å². The van der Waals surface area contributed by atoms with Gasteiger partial charge in [0.15, 0.2) is 0 Å². The van der Waals surface area contributed by atoms with Crippen molar-refractivity contribution in [2.24, 2.45) is 5.92 Å². The van der Waals surface area contributed by atoms with Crippen LogP contribution in [-0.4, -0.2) is 57.4 Å². The number of nitrogens with zero attached hydrogens (tertiary/aromatic N) is 3. The zero-order valence-electron chi connectivity index (χ0n) is 13.7. The number of carbonyl (C=O) groups excluding carboxylic acids is 1. The number of aliphatic carboxylic acids is 1. The highest BCUT2D eigenvalue weighted by Crippen LogP contribution is 2.21. The maximum atomic E-state index is 12.3. The van der Waals surface area contributed by atoms with Crippen molar-refractivity contribution in [2.75, 3.05) is 20.1 Å². The van der Waals surface area contributed by atoms with Gasteiger partial charge < -0.3 is 14.8 Å². The van der Waals surface area contributed by atoms with Crippen molar-refractivity contribution in [1.29, 1.82) is 0 Å². The van der Waals surface area contributed by atoms with Gasteiger partial charge in [0.2, 0.25) is 5.91 Å². The molecule has 0 bridgehead atoms. The van der Waals surface area contributed by atoms with E-state index >= 15 is 0 Å². The Hall–Kier alpha value is -2.41. The van der Waals surface area contributed by atoms with Crippen LogP contribution in [0.4, 0.5) is 0 Å². The first kappa shape index (κ1) is 16.4. The number of carboxylic acids is 1. The van der Waals surface area contributed by atoms with Crippen molar-refractivity contribution in [3.63, 3.8) is 0 Å². The van der Waals surface area contributed by atoms with Crippen molar-refractivity contribution in [1.82, 2.24) is 19.6 Å². The van der Waals surface area contributed by atoms with Crippen LogP contribution in [0.1, 0.15) is 18.5 Å². The average Bonchev–Trinajstić information content (AvgIpc) is 2.97. The predicted molar refractivity (Wildman–Crippen MR) is 88.7 cm³/mol. The lowest BCUT2D eigenvalue weighted by atomic mass is 9.92. The molecule has 0 aromatic carbocycles. The van der Waals surface area contributed by atoms with Gasteiger partial charge in [0.1, 0.15) is 11.7 Å². The lowest BCUT2D eigenvalue weighted by Gasteiger charge is -2.33. The van der Waals surface area contributed by atoms with Gasteiger partial charge in [-0.2, -0.15) is 0 Å². The first-order chi connectivity index (χ1) is 11.5. The molecular formula is C17H22N4O3. The van der Waals surface area contributed by atoms with Gasteiger partial charge in [0.05, 0.1) is 11.6 Å². The number of rotatable bonds is 5. The number of imidazole rings is 1. The summed E-state index contributed by atoms with van der Waals surface area (Å²) in [5, 5.41) is 12.1. The number of likely N-dealkylation sites (tertiary alicyclic amines) is 1. The largest absolute Gasteiger partial charge is 0.480 e. The number of carboxylic acid groups (broad SMARTS) is 1. The SMILES string of the molecule is CN1CC(C(=O)NCCc2cn3ccccc3n2)CCC1C(=O)O. The summed E-state index contributed by atoms with van der Waals surface area (Å²) in [5.41, 5.74) is 1.83. The normalized spacial score (nSPS) is 21.7. The summed E-state index contributed by atoms with van der Waals surface area (Å²) in [5.74, 6) is -0.968. The number of likely N-dealkylation sites (N-methyl/N-ethyl adjacent to an activating group) is 1. The van der Waals surface area contributed by atoms with Crippen molar-refractivity contribution in [3.8, 4) is 0 Å². The van der Waals surface area contributed by atoms with Gasteiger partial charge in [0, 0.05) is 31.9 Å². The highest BCUT2D eigenvalue weighted by Gasteiger charge is 2.33. The van der Waals surface area contributed by atoms with Crippen LogP contribution in [0.15, 0.2) is 30.6 Å². The first-order valence-electron chi connectivity index (χ1n) is 8.18. The molecule has 0 saturated carbocycles. The highest BCUT2D eigenvalue weighted by molar-refractivity contribution is 5.80. The van der Waals surface area contributed by atoms with E-state index in [2.05, 4.69) is 10.3 Å². The molecule has 1 saturated heterocycles. The van der Waals surface area contributed by atoms with Crippen LogP contribution in [0.25, 0.3) is 5.65 Å². The summed E-state index contributed by atoms with van der Waals surface area (Å²) < 4.78 is 1.96. The molecule has 2 aromatic rings. The summed E-state index contributed by atoms with van der Waals surface area (Å²) in [4.78, 5) is 29.6. The van der Waals surface area contributed by atoms with E-state index in [1.54, 1.807) is 11.9 Å². The monoisotopic (exact) mass is 330 g/mol. The number of nitrogens with one attached hydrogen (secondary N) is 1. The van der Waals surface area contributed by atoms with E-state index in [0.717, 1.165) is 11.3 Å². The topological polar surface area (TPSA) is 86.9 Å². The number of pyridine rings is 1. The van der Waals surface area contributed by atoms with E-state index in [1.165, 1.54) is 0 Å². The third-order valence-electron chi connectivity index (χ3n) is 4.58. The van der Waals surface area contributed by atoms with E-state index in [1.807, 2.05) is 35.0 Å². The summed E-state index contributed by atoms with van der Waals surface area (Å²) >= 11 is 0. The van der Waals surface area contributed by atoms with Gasteiger partial charge in [-0.15, -0.1) is 0 Å². The number of hydrogen-bond acceptors (Lipinski definition) is 4. The van der Waals surface area contributed by atoms with Crippen LogP contribution in [0, 0.1) is 5.92 Å². The van der Waals surface area contributed by atoms with Crippen molar-refractivity contribution in [3.05, 3.63) is 36.3 Å². The summed E-state index contributed by atoms with van der Waals surface area (Å²) in [6, 6.07) is 5.35. The average molecular weight is 330 g/mol. The molecule has 24 heavy (non-hydrogen) atoms. The summed E-state index contributed by atoms with van der Waals surface area (Å²) in [6.07, 6.45) is 5.71. The first-order valence-corrected chi connectivity index (χ1v) is 8.18. The van der Waals surface area contributed by atoms with Crippen LogP contribution in [0.2, 0.25) is 0 Å². The predicted octanol–water partition coefficient (Wildman–Crippen LogP) is 0.788. The van der Waals surface area contributed by atoms with Gasteiger partial charge in [-0.25, -0.2) is 4.98 Å². The highest BCUT2D eigenvalue weighted by atomic mass is 16.4. The fourth-order valence-electron chi connectivity index (χ4n) is 3.24. The van der Waals surface area contributed by atoms with Crippen molar-refractivity contribution >= 4 is 17.5 Å². The van der Waals surface area contributed by atoms with E-state index in [4.69, 9.17) is 5.11 Å². The van der Waals surface area contributed by atoms with Gasteiger partial charge in [-0.3, -0.25) is 14.5 Å². The Kier molecular flexibility index (Phi) is 4.80. The molecule has 2 atom stereocenters. The number of fused-ring (bicyclic) bond motifs is 1. The molecule has 2 aromatic heterocycles. The molecule has 1 amide bonds. The molecule has 1 aliphatic heterocycles. The number of piperidine rings is 1. The third kappa shape index (κ3) is 3.56. The molecule has 3 heterocycles. The van der Waals surface area contributed by atoms with Crippen molar-refractivity contribution < 1.29 is 14.7 Å². The van der Waals surface area contributed by atoms with Gasteiger partial charge in [-0.05, 0) is 32.0 Å². The molecule has 1 aliphatic rings. The zero-order valence-corrected chi connectivity index (χ0v) is 13.7. The van der Waals surface area contributed by atoms with Gasteiger partial charge in [0.25, 0.3) is 0 Å². The molecule has 0 radical (unpaired) electrons. The Morgan fingerprint density at radius 3 is 2.92 bits per heavy atom. The minimum absolute atomic E-state index is 0.00514. The maximum absolute atomic E-state index is 12.3. The minimum atomic E-state index is -0.816. The second-order valence-electron chi connectivity index (χ2n) is 6.31. The third-order valence-corrected chi connectivity index (χ3v) is 4.58. The van der Waals surface area contributed by atoms with Crippen LogP contribution < -0.4 is 5.32 Å². The summed E-state index contributed by atoms with van der Waals surface area (Å²) in [6.45, 7) is 1.02. The fraction of sp³-hybridized carbons (Fsp3) is 0.471. The standard InChI is InChI=1S/C17H22N4O3/c1-20-10-12(5-6-14(20)17(23)24)16(22)18-8-7-13-11-21-9-3-2-4-15(21)19-13/h2-4,9,11-12,14H,5-8,10H2,1H3,(H,18,22)(H,23,24). The van der Waals surface area contributed by atoms with Gasteiger partial charge >= 0.3 is 5.97 Å². The van der Waals surface area contributed by atoms with Crippen LogP contribution in [-0.2, 0) is 16.0 Å². The molecular weight excluding hydrogens is 308 g/mol. The fourth-order valence-corrected chi connectivity index (χ4v) is 3.24. The molecule has 2 unspecified atom stereocenters. The zero-order chi connectivity index (χ0) is 17.1. The van der Waals surface area contributed by atoms with Crippen molar-refractivity contribution in [2.45, 2.75) is 25.3 Å². The Bertz CT molecular complexity index is 709. The van der Waals surface area contributed by atoms with E-state index in [-0.39, 0.29) is 11.8 Å². The van der Waals surface area contributed by atoms with E-state index in [9.17, 15) is 9.59 Å². The lowest BCUT2D eigenvalue weighted by molar-refractivity contribution is -0.146. The lowest BCUT2D eigenvalue weighted by Crippen LogP contribution is -2.49. The smallest absolute Gasteiger partial charge is 0.320 e. The molecule has 0 spiro atoms. The number of amides is 1. The Morgan fingerprint density at radius 1 is 1.38 bits per heavy atom. The van der Waals surface area contributed by atoms with Crippen LogP contribution in [0.5, 0.6) is 0 Å². The van der Waals surface area contributed by atoms with Gasteiger partial charge in [-0.1, -0.05) is 6.07 Å². The number of hydrogen-bond donors (Lipinski definition) is 2. The number of carbonyl (C=O) groups is 2. The minimum Gasteiger partial charge on any atom is -0.480 e. The second kappa shape index (κ2) is 7.00. The summed E-state index contributed by atoms with van der Waals surface area (Å²) in [7, 11) is 1.76. The van der Waals surface area contributed by atoms with Crippen LogP contribution >= 0.6 is 0 Å². The molecule has 1 fully saturated rings. The molecule has 0 aliphatic carbocycles. The number of aromatic nitrogens is 2. The van der Waals surface area contributed by atoms with E-state index in [0.29, 0.717) is 32.4 Å². The van der Waals surface area contributed by atoms with E-state index < -0.39 is 12.0 Å². The Morgan fingerprint density at radius 2 is 2.21 bits per heavy atom. The maximum Gasteiger partial charge on any atom is 0.320 e. The quantitative estimate of drug-likeness (QED) is 0.846. The molecule has 128 valence electrons. The molecule has 2 N–H and O–H groups in total. The molecule has 3 rings (SSSR count).